The van der Waals surface area contributed by atoms with Crippen molar-refractivity contribution in [3.05, 3.63) is 69.6 Å². The van der Waals surface area contributed by atoms with E-state index in [0.717, 1.165) is 32.5 Å². The van der Waals surface area contributed by atoms with Gasteiger partial charge in [-0.05, 0) is 61.5 Å². The molecule has 0 spiro atoms. The summed E-state index contributed by atoms with van der Waals surface area (Å²) in [5.41, 5.74) is 4.10. The lowest BCUT2D eigenvalue weighted by molar-refractivity contribution is 0.204. The van der Waals surface area contributed by atoms with Gasteiger partial charge in [0.1, 0.15) is 0 Å². The molecule has 1 saturated heterocycles. The normalized spacial score (nSPS) is 16.8. The fraction of sp³-hybridized carbons (Fsp3) is 0.421. The first kappa shape index (κ1) is 15.0. The van der Waals surface area contributed by atoms with Gasteiger partial charge in [0, 0.05) is 25.9 Å². The van der Waals surface area contributed by atoms with Crippen LogP contribution in [-0.4, -0.2) is 22.6 Å². The van der Waals surface area contributed by atoms with E-state index >= 15 is 0 Å². The minimum absolute atomic E-state index is 0.0971. The zero-order valence-corrected chi connectivity index (χ0v) is 13.5. The SMILES string of the molecule is Cc1ccccc1CN1CCC(c2ccn(C)c(=O)c2)CC1. The van der Waals surface area contributed by atoms with Crippen LogP contribution in [0.4, 0.5) is 0 Å². The van der Waals surface area contributed by atoms with Crippen LogP contribution in [-0.2, 0) is 13.6 Å². The monoisotopic (exact) mass is 296 g/mol. The van der Waals surface area contributed by atoms with E-state index < -0.39 is 0 Å². The van der Waals surface area contributed by atoms with Gasteiger partial charge >= 0.3 is 0 Å². The number of piperidine rings is 1. The summed E-state index contributed by atoms with van der Waals surface area (Å²) in [6, 6.07) is 12.5. The molecule has 2 heterocycles. The molecule has 0 saturated carbocycles. The first-order chi connectivity index (χ1) is 10.6. The Kier molecular flexibility index (Phi) is 4.44. The highest BCUT2D eigenvalue weighted by molar-refractivity contribution is 5.25. The summed E-state index contributed by atoms with van der Waals surface area (Å²) in [7, 11) is 1.80. The molecule has 0 unspecified atom stereocenters. The Morgan fingerprint density at radius 1 is 1.14 bits per heavy atom. The number of aryl methyl sites for hydroxylation is 2. The number of pyridine rings is 1. The van der Waals surface area contributed by atoms with Crippen molar-refractivity contribution in [3.63, 3.8) is 0 Å². The summed E-state index contributed by atoms with van der Waals surface area (Å²) in [5, 5.41) is 0. The third-order valence-electron chi connectivity index (χ3n) is 4.84. The van der Waals surface area contributed by atoms with Crippen molar-refractivity contribution < 1.29 is 0 Å². The van der Waals surface area contributed by atoms with E-state index in [9.17, 15) is 4.79 Å². The van der Waals surface area contributed by atoms with Gasteiger partial charge in [0.15, 0.2) is 0 Å². The van der Waals surface area contributed by atoms with Gasteiger partial charge in [0.2, 0.25) is 0 Å². The van der Waals surface area contributed by atoms with E-state index in [0.29, 0.717) is 5.92 Å². The van der Waals surface area contributed by atoms with Gasteiger partial charge in [-0.3, -0.25) is 9.69 Å². The smallest absolute Gasteiger partial charge is 0.250 e. The van der Waals surface area contributed by atoms with E-state index in [1.807, 2.05) is 12.3 Å². The Morgan fingerprint density at radius 3 is 2.55 bits per heavy atom. The highest BCUT2D eigenvalue weighted by Gasteiger charge is 2.21. The van der Waals surface area contributed by atoms with Crippen LogP contribution >= 0.6 is 0 Å². The highest BCUT2D eigenvalue weighted by atomic mass is 16.1. The van der Waals surface area contributed by atoms with Crippen LogP contribution in [0.15, 0.2) is 47.4 Å². The van der Waals surface area contributed by atoms with E-state index in [4.69, 9.17) is 0 Å². The lowest BCUT2D eigenvalue weighted by Crippen LogP contribution is -2.33. The molecule has 0 atom stereocenters. The number of benzene rings is 1. The van der Waals surface area contributed by atoms with Crippen molar-refractivity contribution >= 4 is 0 Å². The fourth-order valence-electron chi connectivity index (χ4n) is 3.27. The number of rotatable bonds is 3. The van der Waals surface area contributed by atoms with Crippen LogP contribution < -0.4 is 5.56 Å². The maximum absolute atomic E-state index is 11.8. The molecule has 3 heteroatoms. The molecule has 3 rings (SSSR count). The second kappa shape index (κ2) is 6.49. The van der Waals surface area contributed by atoms with Gasteiger partial charge in [-0.2, -0.15) is 0 Å². The zero-order valence-electron chi connectivity index (χ0n) is 13.5. The van der Waals surface area contributed by atoms with E-state index in [-0.39, 0.29) is 5.56 Å². The highest BCUT2D eigenvalue weighted by Crippen LogP contribution is 2.28. The van der Waals surface area contributed by atoms with Crippen molar-refractivity contribution in [2.24, 2.45) is 7.05 Å². The minimum Gasteiger partial charge on any atom is -0.319 e. The second-order valence-electron chi connectivity index (χ2n) is 6.39. The number of aromatic nitrogens is 1. The maximum Gasteiger partial charge on any atom is 0.250 e. The predicted molar refractivity (Wildman–Crippen MR) is 90.1 cm³/mol. The topological polar surface area (TPSA) is 25.2 Å². The molecule has 1 fully saturated rings. The molecule has 0 radical (unpaired) electrons. The molecule has 3 nitrogen and oxygen atoms in total. The molecule has 1 aromatic heterocycles. The Labute approximate surface area is 132 Å². The molecule has 0 amide bonds. The average molecular weight is 296 g/mol. The third kappa shape index (κ3) is 3.30. The summed E-state index contributed by atoms with van der Waals surface area (Å²) in [4.78, 5) is 14.3. The molecule has 2 aromatic rings. The van der Waals surface area contributed by atoms with Gasteiger partial charge < -0.3 is 4.57 Å². The molecular formula is C19H24N2O. The fourth-order valence-corrected chi connectivity index (χ4v) is 3.27. The Morgan fingerprint density at radius 2 is 1.86 bits per heavy atom. The number of nitrogens with zero attached hydrogens (tertiary/aromatic N) is 2. The Balaban J connectivity index is 1.61. The standard InChI is InChI=1S/C19H24N2O/c1-15-5-3-4-6-18(15)14-21-11-8-16(9-12-21)17-7-10-20(2)19(22)13-17/h3-7,10,13,16H,8-9,11-12,14H2,1-2H3. The summed E-state index contributed by atoms with van der Waals surface area (Å²) in [6.07, 6.45) is 4.16. The predicted octanol–water partition coefficient (Wildman–Crippen LogP) is 3.07. The molecular weight excluding hydrogens is 272 g/mol. The lowest BCUT2D eigenvalue weighted by Gasteiger charge is -2.32. The van der Waals surface area contributed by atoms with Crippen molar-refractivity contribution in [1.29, 1.82) is 0 Å². The molecule has 1 aliphatic heterocycles. The maximum atomic E-state index is 11.8. The van der Waals surface area contributed by atoms with Crippen LogP contribution in [0.3, 0.4) is 0 Å². The number of hydrogen-bond acceptors (Lipinski definition) is 2. The number of likely N-dealkylation sites (tertiary alicyclic amines) is 1. The average Bonchev–Trinajstić information content (AvgIpc) is 2.53. The van der Waals surface area contributed by atoms with Crippen LogP contribution in [0.5, 0.6) is 0 Å². The summed E-state index contributed by atoms with van der Waals surface area (Å²) < 4.78 is 1.64. The quantitative estimate of drug-likeness (QED) is 0.869. The largest absolute Gasteiger partial charge is 0.319 e. The summed E-state index contributed by atoms with van der Waals surface area (Å²) in [6.45, 7) is 5.43. The van der Waals surface area contributed by atoms with Crippen molar-refractivity contribution in [3.8, 4) is 0 Å². The first-order valence-corrected chi connectivity index (χ1v) is 8.07. The van der Waals surface area contributed by atoms with E-state index in [1.165, 1.54) is 16.7 Å². The Bertz CT molecular complexity index is 697. The third-order valence-corrected chi connectivity index (χ3v) is 4.84. The second-order valence-corrected chi connectivity index (χ2v) is 6.39. The van der Waals surface area contributed by atoms with Crippen LogP contribution in [0.1, 0.15) is 35.4 Å². The zero-order chi connectivity index (χ0) is 15.5. The lowest BCUT2D eigenvalue weighted by atomic mass is 9.90. The molecule has 22 heavy (non-hydrogen) atoms. The minimum atomic E-state index is 0.0971. The molecule has 0 aliphatic carbocycles. The molecule has 0 bridgehead atoms. The van der Waals surface area contributed by atoms with Crippen LogP contribution in [0.25, 0.3) is 0 Å². The van der Waals surface area contributed by atoms with Gasteiger partial charge in [-0.15, -0.1) is 0 Å². The summed E-state index contributed by atoms with van der Waals surface area (Å²) in [5.74, 6) is 0.530. The Hall–Kier alpha value is -1.87. The molecule has 1 aromatic carbocycles. The van der Waals surface area contributed by atoms with Gasteiger partial charge in [0.05, 0.1) is 0 Å². The molecule has 0 N–H and O–H groups in total. The number of hydrogen-bond donors (Lipinski definition) is 0. The first-order valence-electron chi connectivity index (χ1n) is 8.07. The summed E-state index contributed by atoms with van der Waals surface area (Å²) >= 11 is 0. The van der Waals surface area contributed by atoms with Gasteiger partial charge in [-0.25, -0.2) is 0 Å². The van der Waals surface area contributed by atoms with Crippen molar-refractivity contribution in [2.45, 2.75) is 32.2 Å². The van der Waals surface area contributed by atoms with Crippen LogP contribution in [0.2, 0.25) is 0 Å². The van der Waals surface area contributed by atoms with Crippen LogP contribution in [0, 0.1) is 6.92 Å². The van der Waals surface area contributed by atoms with Gasteiger partial charge in [-0.1, -0.05) is 24.3 Å². The molecule has 1 aliphatic rings. The molecule has 116 valence electrons. The van der Waals surface area contributed by atoms with E-state index in [1.54, 1.807) is 11.6 Å². The van der Waals surface area contributed by atoms with Crippen molar-refractivity contribution in [2.75, 3.05) is 13.1 Å². The van der Waals surface area contributed by atoms with E-state index in [2.05, 4.69) is 42.2 Å². The van der Waals surface area contributed by atoms with Crippen molar-refractivity contribution in [1.82, 2.24) is 9.47 Å². The van der Waals surface area contributed by atoms with Gasteiger partial charge in [0.25, 0.3) is 5.56 Å².